The number of carbonyl (C=O) groups excluding carboxylic acids is 2. The molecule has 5 aromatic rings. The third-order valence-electron chi connectivity index (χ3n) is 7.09. The van der Waals surface area contributed by atoms with Crippen LogP contribution in [-0.4, -0.2) is 41.1 Å². The van der Waals surface area contributed by atoms with Crippen molar-refractivity contribution in [2.75, 3.05) is 25.0 Å². The Labute approximate surface area is 239 Å². The fraction of sp³-hybridized carbons (Fsp3) is 0.188. The molecule has 0 atom stereocenters. The van der Waals surface area contributed by atoms with E-state index in [0.29, 0.717) is 29.9 Å². The summed E-state index contributed by atoms with van der Waals surface area (Å²) in [6.45, 7) is 2.27. The number of rotatable bonds is 9. The average molecular weight is 567 g/mol. The van der Waals surface area contributed by atoms with Gasteiger partial charge in [-0.15, -0.1) is 0 Å². The highest BCUT2D eigenvalue weighted by Gasteiger charge is 2.29. The van der Waals surface area contributed by atoms with Gasteiger partial charge in [0.15, 0.2) is 17.3 Å². The Morgan fingerprint density at radius 3 is 2.69 bits per heavy atom. The lowest BCUT2D eigenvalue weighted by atomic mass is 10.0. The van der Waals surface area contributed by atoms with Crippen LogP contribution in [0.2, 0.25) is 0 Å². The van der Waals surface area contributed by atoms with E-state index in [1.165, 1.54) is 6.20 Å². The number of hydrogen-bond donors (Lipinski definition) is 2. The number of anilines is 1. The van der Waals surface area contributed by atoms with Gasteiger partial charge in [0, 0.05) is 43.0 Å². The molecule has 0 unspecified atom stereocenters. The summed E-state index contributed by atoms with van der Waals surface area (Å²) >= 11 is 0. The van der Waals surface area contributed by atoms with Crippen LogP contribution < -0.4 is 20.8 Å². The lowest BCUT2D eigenvalue weighted by molar-refractivity contribution is -0.142. The van der Waals surface area contributed by atoms with E-state index in [2.05, 4.69) is 15.6 Å². The maximum atomic E-state index is 15.7. The first-order valence-corrected chi connectivity index (χ1v) is 13.7. The van der Waals surface area contributed by atoms with Gasteiger partial charge in [0.2, 0.25) is 5.43 Å². The Bertz CT molecular complexity index is 1910. The number of aromatic nitrogens is 2. The number of fused-ring (bicyclic) bond motifs is 4. The van der Waals surface area contributed by atoms with E-state index < -0.39 is 23.1 Å². The molecule has 0 bridgehead atoms. The van der Waals surface area contributed by atoms with Crippen molar-refractivity contribution in [2.45, 2.75) is 19.8 Å². The van der Waals surface area contributed by atoms with E-state index in [4.69, 9.17) is 9.47 Å². The highest BCUT2D eigenvalue weighted by Crippen LogP contribution is 2.47. The number of nitrogens with one attached hydrogen (secondary N) is 2. The Kier molecular flexibility index (Phi) is 7.26. The van der Waals surface area contributed by atoms with Crippen molar-refractivity contribution in [2.24, 2.45) is 0 Å². The number of carbonyl (C=O) groups is 2. The van der Waals surface area contributed by atoms with Crippen LogP contribution in [0.3, 0.4) is 0 Å². The number of ether oxygens (including phenoxy) is 2. The zero-order chi connectivity index (χ0) is 29.2. The Hall–Kier alpha value is -5.25. The van der Waals surface area contributed by atoms with Crippen molar-refractivity contribution in [3.05, 3.63) is 100 Å². The first kappa shape index (κ1) is 26.9. The summed E-state index contributed by atoms with van der Waals surface area (Å²) in [6.07, 6.45) is 3.65. The monoisotopic (exact) mass is 566 g/mol. The molecule has 42 heavy (non-hydrogen) atoms. The SMILES string of the molecule is CCOC(=O)CCNC(=O)c1cn2c3c(c(NCCc4ccccn4)c(F)cc3c1=O)Oc1ccc3ccccc3c1-2. The van der Waals surface area contributed by atoms with Gasteiger partial charge in [-0.1, -0.05) is 36.4 Å². The van der Waals surface area contributed by atoms with Gasteiger partial charge in [0.25, 0.3) is 5.91 Å². The second-order valence-electron chi connectivity index (χ2n) is 9.74. The molecular formula is C32H27FN4O5. The molecule has 0 fully saturated rings. The second-order valence-corrected chi connectivity index (χ2v) is 9.74. The van der Waals surface area contributed by atoms with E-state index in [9.17, 15) is 14.4 Å². The van der Waals surface area contributed by atoms with Crippen LogP contribution in [0.5, 0.6) is 11.5 Å². The molecule has 0 radical (unpaired) electrons. The summed E-state index contributed by atoms with van der Waals surface area (Å²) < 4.78 is 28.6. The molecule has 0 saturated carbocycles. The van der Waals surface area contributed by atoms with E-state index >= 15 is 4.39 Å². The Morgan fingerprint density at radius 1 is 1.05 bits per heavy atom. The third kappa shape index (κ3) is 4.91. The van der Waals surface area contributed by atoms with Gasteiger partial charge in [-0.3, -0.25) is 19.4 Å². The smallest absolute Gasteiger partial charge is 0.307 e. The van der Waals surface area contributed by atoms with E-state index in [1.807, 2.05) is 48.5 Å². The molecule has 1 aliphatic rings. The van der Waals surface area contributed by atoms with Gasteiger partial charge in [-0.2, -0.15) is 0 Å². The minimum atomic E-state index is -0.689. The molecule has 10 heteroatoms. The molecule has 1 aliphatic heterocycles. The minimum absolute atomic E-state index is 0.00518. The maximum absolute atomic E-state index is 15.7. The molecule has 3 heterocycles. The summed E-state index contributed by atoms with van der Waals surface area (Å²) in [5.41, 5.74) is 1.08. The van der Waals surface area contributed by atoms with Crippen molar-refractivity contribution in [1.82, 2.24) is 14.9 Å². The summed E-state index contributed by atoms with van der Waals surface area (Å²) in [5, 5.41) is 7.49. The Balaban J connectivity index is 1.47. The number of benzene rings is 3. The van der Waals surface area contributed by atoms with Gasteiger partial charge in [0.1, 0.15) is 16.8 Å². The zero-order valence-corrected chi connectivity index (χ0v) is 22.8. The fourth-order valence-electron chi connectivity index (χ4n) is 5.17. The predicted molar refractivity (Wildman–Crippen MR) is 157 cm³/mol. The molecule has 0 spiro atoms. The first-order valence-electron chi connectivity index (χ1n) is 13.7. The molecule has 2 aromatic heterocycles. The number of pyridine rings is 2. The van der Waals surface area contributed by atoms with Crippen LogP contribution in [0, 0.1) is 5.82 Å². The van der Waals surface area contributed by atoms with Crippen molar-refractivity contribution in [1.29, 1.82) is 0 Å². The Morgan fingerprint density at radius 2 is 1.88 bits per heavy atom. The predicted octanol–water partition coefficient (Wildman–Crippen LogP) is 5.12. The van der Waals surface area contributed by atoms with Crippen LogP contribution in [0.15, 0.2) is 77.9 Å². The summed E-state index contributed by atoms with van der Waals surface area (Å²) in [7, 11) is 0. The fourth-order valence-corrected chi connectivity index (χ4v) is 5.17. The number of amides is 1. The van der Waals surface area contributed by atoms with Gasteiger partial charge < -0.3 is 24.7 Å². The van der Waals surface area contributed by atoms with Gasteiger partial charge in [0.05, 0.1) is 24.1 Å². The van der Waals surface area contributed by atoms with Crippen molar-refractivity contribution in [3.8, 4) is 17.2 Å². The molecule has 3 aromatic carbocycles. The zero-order valence-electron chi connectivity index (χ0n) is 22.8. The molecule has 0 aliphatic carbocycles. The van der Waals surface area contributed by atoms with Crippen LogP contribution in [0.4, 0.5) is 10.1 Å². The number of hydrogen-bond acceptors (Lipinski definition) is 7. The molecule has 212 valence electrons. The van der Waals surface area contributed by atoms with E-state index in [0.717, 1.165) is 22.5 Å². The standard InChI is InChI=1S/C32H27FN4O5/c1-2-41-26(38)13-16-36-32(40)23-18-37-28-21-9-4-3-7-19(21)10-11-25(28)42-31-27(24(33)17-22(29(31)37)30(23)39)35-15-12-20-8-5-6-14-34-20/h3-11,14,17-18,35H,2,12-13,15-16H2,1H3,(H,36,40). The third-order valence-corrected chi connectivity index (χ3v) is 7.09. The highest BCUT2D eigenvalue weighted by atomic mass is 19.1. The number of esters is 1. The molecular weight excluding hydrogens is 539 g/mol. The van der Waals surface area contributed by atoms with Gasteiger partial charge in [-0.25, -0.2) is 4.39 Å². The lowest BCUT2D eigenvalue weighted by Crippen LogP contribution is -2.32. The maximum Gasteiger partial charge on any atom is 0.307 e. The summed E-state index contributed by atoms with van der Waals surface area (Å²) in [5.74, 6) is -1.23. The summed E-state index contributed by atoms with van der Waals surface area (Å²) in [4.78, 5) is 42.9. The van der Waals surface area contributed by atoms with E-state index in [-0.39, 0.29) is 42.0 Å². The molecule has 6 rings (SSSR count). The molecule has 0 saturated heterocycles. The highest BCUT2D eigenvalue weighted by molar-refractivity contribution is 6.04. The van der Waals surface area contributed by atoms with Gasteiger partial charge in [-0.05, 0) is 36.6 Å². The van der Waals surface area contributed by atoms with Crippen molar-refractivity contribution >= 4 is 39.2 Å². The second kappa shape index (κ2) is 11.3. The normalized spacial score (nSPS) is 11.6. The van der Waals surface area contributed by atoms with Crippen molar-refractivity contribution in [3.63, 3.8) is 0 Å². The summed E-state index contributed by atoms with van der Waals surface area (Å²) in [6, 6.07) is 18.1. The molecule has 1 amide bonds. The van der Waals surface area contributed by atoms with E-state index in [1.54, 1.807) is 23.8 Å². The van der Waals surface area contributed by atoms with Gasteiger partial charge >= 0.3 is 5.97 Å². The van der Waals surface area contributed by atoms with Crippen molar-refractivity contribution < 1.29 is 23.5 Å². The van der Waals surface area contributed by atoms with Crippen LogP contribution in [0.25, 0.3) is 27.4 Å². The lowest BCUT2D eigenvalue weighted by Gasteiger charge is -2.27. The first-order chi connectivity index (χ1) is 20.5. The number of nitrogens with zero attached hydrogens (tertiary/aromatic N) is 2. The number of halogens is 1. The molecule has 2 N–H and O–H groups in total. The molecule has 9 nitrogen and oxygen atoms in total. The van der Waals surface area contributed by atoms with Crippen LogP contribution in [0.1, 0.15) is 29.4 Å². The largest absolute Gasteiger partial charge is 0.466 e. The van der Waals surface area contributed by atoms with Crippen LogP contribution in [-0.2, 0) is 16.0 Å². The van der Waals surface area contributed by atoms with Crippen LogP contribution >= 0.6 is 0 Å². The quantitative estimate of drug-likeness (QED) is 0.234. The average Bonchev–Trinajstić information content (AvgIpc) is 3.00. The minimum Gasteiger partial charge on any atom is -0.466 e. The topological polar surface area (TPSA) is 112 Å².